The average Bonchev–Trinajstić information content (AvgIpc) is 2.43. The number of hydrogen-bond donors (Lipinski definition) is 5. The maximum atomic E-state index is 9.63. The minimum absolute atomic E-state index is 0.0288. The first-order valence-electron chi connectivity index (χ1n) is 5.04. The Bertz CT molecular complexity index is 201. The fourth-order valence-corrected chi connectivity index (χ4v) is 1.63. The van der Waals surface area contributed by atoms with E-state index in [9.17, 15) is 15.3 Å². The molecule has 0 aromatic rings. The summed E-state index contributed by atoms with van der Waals surface area (Å²) >= 11 is 0. The van der Waals surface area contributed by atoms with Crippen LogP contribution in [0.2, 0.25) is 0 Å². The van der Waals surface area contributed by atoms with Gasteiger partial charge in [-0.25, -0.2) is 0 Å². The van der Waals surface area contributed by atoms with Gasteiger partial charge >= 0.3 is 0 Å². The first-order chi connectivity index (χ1) is 6.97. The Balaban J connectivity index is 2.56. The topological polar surface area (TPSA) is 102 Å². The highest BCUT2D eigenvalue weighted by atomic mass is 16.6. The van der Waals surface area contributed by atoms with Crippen LogP contribution in [0.5, 0.6) is 0 Å². The molecule has 1 aliphatic heterocycles. The molecule has 6 nitrogen and oxygen atoms in total. The predicted molar refractivity (Wildman–Crippen MR) is 52.0 cm³/mol. The lowest BCUT2D eigenvalue weighted by Crippen LogP contribution is -2.48. The monoisotopic (exact) mass is 221 g/mol. The summed E-state index contributed by atoms with van der Waals surface area (Å²) in [6.07, 6.45) is -5.17. The van der Waals surface area contributed by atoms with Gasteiger partial charge in [0.15, 0.2) is 0 Å². The minimum Gasteiger partial charge on any atom is -0.394 e. The van der Waals surface area contributed by atoms with Gasteiger partial charge in [0.25, 0.3) is 0 Å². The van der Waals surface area contributed by atoms with Gasteiger partial charge in [-0.3, -0.25) is 5.32 Å². The summed E-state index contributed by atoms with van der Waals surface area (Å²) in [7, 11) is 0. The maximum absolute atomic E-state index is 9.63. The van der Waals surface area contributed by atoms with Crippen LogP contribution in [-0.2, 0) is 4.74 Å². The summed E-state index contributed by atoms with van der Waals surface area (Å²) in [5.41, 5.74) is 0. The summed E-state index contributed by atoms with van der Waals surface area (Å²) in [4.78, 5) is 0. The third-order valence-corrected chi connectivity index (χ3v) is 2.39. The zero-order valence-corrected chi connectivity index (χ0v) is 8.87. The van der Waals surface area contributed by atoms with Gasteiger partial charge in [0.1, 0.15) is 30.6 Å². The first kappa shape index (κ1) is 12.8. The third kappa shape index (κ3) is 2.87. The molecule has 0 saturated carbocycles. The molecule has 0 bridgehead atoms. The number of aliphatic hydroxyl groups is 4. The number of ether oxygens (including phenoxy) is 1. The molecule has 1 aliphatic rings. The quantitative estimate of drug-likeness (QED) is 0.345. The zero-order valence-electron chi connectivity index (χ0n) is 8.87. The molecule has 1 heterocycles. The zero-order chi connectivity index (χ0) is 11.6. The second kappa shape index (κ2) is 5.20. The van der Waals surface area contributed by atoms with Crippen molar-refractivity contribution in [2.75, 3.05) is 6.61 Å². The molecule has 0 spiro atoms. The number of hydrogen-bond acceptors (Lipinski definition) is 6. The molecule has 6 heteroatoms. The maximum Gasteiger partial charge on any atom is 0.134 e. The molecule has 1 saturated heterocycles. The Labute approximate surface area is 88.5 Å². The van der Waals surface area contributed by atoms with E-state index >= 15 is 0 Å². The molecule has 15 heavy (non-hydrogen) atoms. The molecular formula is C9H19NO5. The van der Waals surface area contributed by atoms with E-state index in [0.717, 1.165) is 0 Å². The molecule has 5 atom stereocenters. The largest absolute Gasteiger partial charge is 0.394 e. The number of rotatable bonds is 4. The summed E-state index contributed by atoms with van der Waals surface area (Å²) in [5.74, 6) is 0. The Kier molecular flexibility index (Phi) is 4.45. The van der Waals surface area contributed by atoms with Crippen molar-refractivity contribution >= 4 is 0 Å². The van der Waals surface area contributed by atoms with Gasteiger partial charge in [0.2, 0.25) is 0 Å². The third-order valence-electron chi connectivity index (χ3n) is 2.39. The van der Waals surface area contributed by atoms with Crippen molar-refractivity contribution in [2.45, 2.75) is 50.5 Å². The lowest BCUT2D eigenvalue weighted by Gasteiger charge is -2.23. The van der Waals surface area contributed by atoms with Crippen molar-refractivity contribution in [1.82, 2.24) is 5.32 Å². The van der Waals surface area contributed by atoms with Crippen molar-refractivity contribution in [2.24, 2.45) is 0 Å². The van der Waals surface area contributed by atoms with Gasteiger partial charge in [-0.05, 0) is 13.8 Å². The standard InChI is InChI=1S/C9H19NO5/c1-4(2)10-9(14)8-7(13)6(12)5(3-11)15-8/h4-14H,3H2,1-2H3/t5-,6-,7+,8-,9?/m1/s1. The van der Waals surface area contributed by atoms with Crippen LogP contribution in [0.25, 0.3) is 0 Å². The van der Waals surface area contributed by atoms with Gasteiger partial charge in [-0.2, -0.15) is 0 Å². The molecule has 0 aliphatic carbocycles. The summed E-state index contributed by atoms with van der Waals surface area (Å²) < 4.78 is 5.14. The van der Waals surface area contributed by atoms with E-state index in [1.54, 1.807) is 0 Å². The van der Waals surface area contributed by atoms with Crippen LogP contribution in [0.3, 0.4) is 0 Å². The van der Waals surface area contributed by atoms with E-state index in [1.165, 1.54) is 0 Å². The second-order valence-electron chi connectivity index (χ2n) is 4.07. The Morgan fingerprint density at radius 1 is 1.27 bits per heavy atom. The van der Waals surface area contributed by atoms with E-state index in [2.05, 4.69) is 5.32 Å². The highest BCUT2D eigenvalue weighted by Crippen LogP contribution is 2.22. The minimum atomic E-state index is -1.19. The molecule has 1 fully saturated rings. The predicted octanol–water partition coefficient (Wildman–Crippen LogP) is -2.22. The Hall–Kier alpha value is -0.240. The van der Waals surface area contributed by atoms with E-state index < -0.39 is 30.6 Å². The van der Waals surface area contributed by atoms with Crippen molar-refractivity contribution < 1.29 is 25.2 Å². The molecule has 1 rings (SSSR count). The fourth-order valence-electron chi connectivity index (χ4n) is 1.63. The summed E-state index contributed by atoms with van der Waals surface area (Å²) in [6, 6.07) is 0.0288. The van der Waals surface area contributed by atoms with Gasteiger partial charge in [0.05, 0.1) is 6.61 Å². The van der Waals surface area contributed by atoms with Gasteiger partial charge in [0, 0.05) is 6.04 Å². The number of nitrogens with one attached hydrogen (secondary N) is 1. The van der Waals surface area contributed by atoms with E-state index in [0.29, 0.717) is 0 Å². The second-order valence-corrected chi connectivity index (χ2v) is 4.07. The number of aliphatic hydroxyl groups excluding tert-OH is 4. The highest BCUT2D eigenvalue weighted by molar-refractivity contribution is 4.93. The summed E-state index contributed by atoms with van der Waals surface area (Å²) in [5, 5.41) is 40.2. The van der Waals surface area contributed by atoms with Crippen LogP contribution in [0.1, 0.15) is 13.8 Å². The molecular weight excluding hydrogens is 202 g/mol. The molecule has 0 aromatic heterocycles. The van der Waals surface area contributed by atoms with Crippen molar-refractivity contribution in [1.29, 1.82) is 0 Å². The van der Waals surface area contributed by atoms with Crippen molar-refractivity contribution in [3.63, 3.8) is 0 Å². The smallest absolute Gasteiger partial charge is 0.134 e. The van der Waals surface area contributed by atoms with Crippen molar-refractivity contribution in [3.8, 4) is 0 Å². The fraction of sp³-hybridized carbons (Fsp3) is 1.00. The normalized spacial score (nSPS) is 38.6. The van der Waals surface area contributed by atoms with E-state index in [-0.39, 0.29) is 12.6 Å². The lowest BCUT2D eigenvalue weighted by atomic mass is 10.1. The van der Waals surface area contributed by atoms with Gasteiger partial charge in [-0.15, -0.1) is 0 Å². The van der Waals surface area contributed by atoms with Gasteiger partial charge < -0.3 is 25.2 Å². The van der Waals surface area contributed by atoms with E-state index in [4.69, 9.17) is 9.84 Å². The van der Waals surface area contributed by atoms with Gasteiger partial charge in [-0.1, -0.05) is 0 Å². The first-order valence-corrected chi connectivity index (χ1v) is 5.04. The van der Waals surface area contributed by atoms with Crippen LogP contribution in [-0.4, -0.2) is 63.7 Å². The Morgan fingerprint density at radius 2 is 1.87 bits per heavy atom. The SMILES string of the molecule is CC(C)NC(O)[C@@H]1O[C@H](CO)[C@@H](O)[C@@H]1O. The summed E-state index contributed by atoms with van der Waals surface area (Å²) in [6.45, 7) is 3.29. The Morgan fingerprint density at radius 3 is 2.27 bits per heavy atom. The molecule has 0 amide bonds. The highest BCUT2D eigenvalue weighted by Gasteiger charge is 2.45. The van der Waals surface area contributed by atoms with Crippen LogP contribution in [0.15, 0.2) is 0 Å². The van der Waals surface area contributed by atoms with Crippen LogP contribution >= 0.6 is 0 Å². The van der Waals surface area contributed by atoms with E-state index in [1.807, 2.05) is 13.8 Å². The van der Waals surface area contributed by atoms with Crippen LogP contribution in [0.4, 0.5) is 0 Å². The molecule has 1 unspecified atom stereocenters. The molecule has 0 aromatic carbocycles. The van der Waals surface area contributed by atoms with Crippen LogP contribution in [0, 0.1) is 0 Å². The lowest BCUT2D eigenvalue weighted by molar-refractivity contribution is -0.0873. The molecule has 0 radical (unpaired) electrons. The van der Waals surface area contributed by atoms with Crippen molar-refractivity contribution in [3.05, 3.63) is 0 Å². The average molecular weight is 221 g/mol. The van der Waals surface area contributed by atoms with Crippen LogP contribution < -0.4 is 5.32 Å². The molecule has 5 N–H and O–H groups in total. The molecule has 90 valence electrons.